The first-order valence-electron chi connectivity index (χ1n) is 7.28. The van der Waals surface area contributed by atoms with Gasteiger partial charge in [0.1, 0.15) is 0 Å². The quantitative estimate of drug-likeness (QED) is 0.721. The topological polar surface area (TPSA) is 74.6 Å². The van der Waals surface area contributed by atoms with Crippen LogP contribution in [0.2, 0.25) is 0 Å². The average molecular weight is 291 g/mol. The van der Waals surface area contributed by atoms with Gasteiger partial charge in [0.15, 0.2) is 0 Å². The Hall–Kier alpha value is -1.56. The molecule has 21 heavy (non-hydrogen) atoms. The normalized spacial score (nSPS) is 22.3. The largest absolute Gasteiger partial charge is 0.398 e. The Morgan fingerprint density at radius 1 is 1.33 bits per heavy atom. The average Bonchev–Trinajstić information content (AvgIpc) is 2.88. The minimum atomic E-state index is -0.250. The molecule has 0 amide bonds. The highest BCUT2D eigenvalue weighted by Crippen LogP contribution is 2.34. The van der Waals surface area contributed by atoms with Crippen molar-refractivity contribution in [1.82, 2.24) is 9.47 Å². The molecule has 0 aromatic carbocycles. The van der Waals surface area contributed by atoms with Crippen LogP contribution in [0.3, 0.4) is 0 Å². The number of rotatable bonds is 6. The number of nitrogens with two attached hydrogens (primary N) is 1. The van der Waals surface area contributed by atoms with Gasteiger partial charge in [0.05, 0.1) is 13.2 Å². The molecule has 2 rings (SSSR count). The van der Waals surface area contributed by atoms with E-state index in [1.54, 1.807) is 0 Å². The second-order valence-electron chi connectivity index (χ2n) is 5.78. The van der Waals surface area contributed by atoms with Crippen molar-refractivity contribution in [1.29, 1.82) is 0 Å². The van der Waals surface area contributed by atoms with Gasteiger partial charge in [-0.05, 0) is 19.4 Å². The molecule has 116 valence electrons. The highest BCUT2D eigenvalue weighted by atomic mass is 16.3. The summed E-state index contributed by atoms with van der Waals surface area (Å²) in [6.45, 7) is 3.32. The van der Waals surface area contributed by atoms with Crippen LogP contribution < -0.4 is 5.73 Å². The number of nitrogens with zero attached hydrogens (tertiary/aromatic N) is 2. The molecule has 0 saturated heterocycles. The predicted molar refractivity (Wildman–Crippen MR) is 84.4 cm³/mol. The van der Waals surface area contributed by atoms with Gasteiger partial charge in [0.2, 0.25) is 0 Å². The second kappa shape index (κ2) is 6.47. The molecule has 5 nitrogen and oxygen atoms in total. The summed E-state index contributed by atoms with van der Waals surface area (Å²) in [4.78, 5) is 2.10. The fourth-order valence-electron chi connectivity index (χ4n) is 2.88. The van der Waals surface area contributed by atoms with Gasteiger partial charge in [-0.1, -0.05) is 12.2 Å². The molecule has 1 unspecified atom stereocenters. The highest BCUT2D eigenvalue weighted by molar-refractivity contribution is 5.80. The van der Waals surface area contributed by atoms with E-state index < -0.39 is 0 Å². The monoisotopic (exact) mass is 291 g/mol. The molecule has 1 aliphatic carbocycles. The van der Waals surface area contributed by atoms with Gasteiger partial charge < -0.3 is 20.5 Å². The molecule has 0 spiro atoms. The molecule has 0 fully saturated rings. The van der Waals surface area contributed by atoms with Crippen LogP contribution in [0.1, 0.15) is 18.9 Å². The molecule has 0 saturated carbocycles. The van der Waals surface area contributed by atoms with Crippen LogP contribution in [0.4, 0.5) is 0 Å². The van der Waals surface area contributed by atoms with Crippen molar-refractivity contribution in [3.8, 4) is 0 Å². The van der Waals surface area contributed by atoms with E-state index in [0.717, 1.165) is 23.3 Å². The van der Waals surface area contributed by atoms with Crippen molar-refractivity contribution < 1.29 is 10.2 Å². The van der Waals surface area contributed by atoms with Crippen LogP contribution in [-0.4, -0.2) is 51.5 Å². The first-order chi connectivity index (χ1) is 10.00. The number of aryl methyl sites for hydroxylation is 1. The maximum absolute atomic E-state index is 9.26. The van der Waals surface area contributed by atoms with Crippen LogP contribution in [0, 0.1) is 0 Å². The number of hydrogen-bond donors (Lipinski definition) is 3. The van der Waals surface area contributed by atoms with Gasteiger partial charge in [-0.15, -0.1) is 0 Å². The van der Waals surface area contributed by atoms with Gasteiger partial charge >= 0.3 is 0 Å². The highest BCUT2D eigenvalue weighted by Gasteiger charge is 2.32. The molecule has 1 aromatic rings. The van der Waals surface area contributed by atoms with Crippen LogP contribution in [-0.2, 0) is 7.05 Å². The molecule has 5 heteroatoms. The number of allylic oxidation sites excluding steroid dienone is 1. The Balaban J connectivity index is 2.34. The predicted octanol–water partition coefficient (Wildman–Crippen LogP) is 0.700. The van der Waals surface area contributed by atoms with E-state index in [1.807, 2.05) is 36.2 Å². The molecule has 1 atom stereocenters. The van der Waals surface area contributed by atoms with E-state index in [4.69, 9.17) is 5.73 Å². The fourth-order valence-corrected chi connectivity index (χ4v) is 2.88. The maximum Gasteiger partial charge on any atom is 0.0558 e. The molecule has 0 radical (unpaired) electrons. The van der Waals surface area contributed by atoms with Gasteiger partial charge in [0, 0.05) is 54.9 Å². The summed E-state index contributed by atoms with van der Waals surface area (Å²) in [5, 5.41) is 18.5. The zero-order chi connectivity index (χ0) is 15.5. The van der Waals surface area contributed by atoms with Crippen molar-refractivity contribution in [3.05, 3.63) is 41.9 Å². The fraction of sp³-hybridized carbons (Fsp3) is 0.500. The first-order valence-corrected chi connectivity index (χ1v) is 7.28. The Kier molecular flexibility index (Phi) is 4.88. The van der Waals surface area contributed by atoms with Crippen molar-refractivity contribution >= 4 is 5.57 Å². The summed E-state index contributed by atoms with van der Waals surface area (Å²) >= 11 is 0. The van der Waals surface area contributed by atoms with Crippen LogP contribution >= 0.6 is 0 Å². The summed E-state index contributed by atoms with van der Waals surface area (Å²) < 4.78 is 1.99. The minimum absolute atomic E-state index is 0.0727. The summed E-state index contributed by atoms with van der Waals surface area (Å²) in [7, 11) is 1.98. The van der Waals surface area contributed by atoms with Gasteiger partial charge in [-0.2, -0.15) is 0 Å². The lowest BCUT2D eigenvalue weighted by Crippen LogP contribution is -2.48. The zero-order valence-electron chi connectivity index (χ0n) is 12.8. The Morgan fingerprint density at radius 2 is 2.00 bits per heavy atom. The number of β-amino-alcohol motifs (C(OH)–C–C–N with tert-alkyl or cyclic N) is 2. The van der Waals surface area contributed by atoms with Crippen LogP contribution in [0.15, 0.2) is 36.3 Å². The first kappa shape index (κ1) is 15.8. The third kappa shape index (κ3) is 3.37. The van der Waals surface area contributed by atoms with Crippen molar-refractivity contribution in [3.63, 3.8) is 0 Å². The molecule has 1 aromatic heterocycles. The van der Waals surface area contributed by atoms with Crippen molar-refractivity contribution in [2.45, 2.75) is 18.9 Å². The minimum Gasteiger partial charge on any atom is -0.398 e. The lowest BCUT2D eigenvalue weighted by molar-refractivity contribution is 0.0909. The van der Waals surface area contributed by atoms with Crippen LogP contribution in [0.5, 0.6) is 0 Å². The molecule has 0 aliphatic heterocycles. The summed E-state index contributed by atoms with van der Waals surface area (Å²) in [6, 6.07) is 2.04. The van der Waals surface area contributed by atoms with Crippen molar-refractivity contribution in [2.24, 2.45) is 12.8 Å². The van der Waals surface area contributed by atoms with E-state index in [0.29, 0.717) is 13.1 Å². The summed E-state index contributed by atoms with van der Waals surface area (Å²) in [5.74, 6) is 0. The number of aliphatic hydroxyl groups is 2. The molecule has 0 bridgehead atoms. The molecule has 1 heterocycles. The van der Waals surface area contributed by atoms with Crippen LogP contribution in [0.25, 0.3) is 5.57 Å². The third-order valence-corrected chi connectivity index (χ3v) is 4.11. The van der Waals surface area contributed by atoms with E-state index >= 15 is 0 Å². The van der Waals surface area contributed by atoms with Gasteiger partial charge in [0.25, 0.3) is 0 Å². The van der Waals surface area contributed by atoms with Gasteiger partial charge in [-0.3, -0.25) is 4.90 Å². The lowest BCUT2D eigenvalue weighted by atomic mass is 9.84. The van der Waals surface area contributed by atoms with E-state index in [9.17, 15) is 10.2 Å². The van der Waals surface area contributed by atoms with Gasteiger partial charge in [-0.25, -0.2) is 0 Å². The molecule has 4 N–H and O–H groups in total. The third-order valence-electron chi connectivity index (χ3n) is 4.11. The van der Waals surface area contributed by atoms with E-state index in [1.165, 1.54) is 0 Å². The number of aromatic nitrogens is 1. The van der Waals surface area contributed by atoms with E-state index in [2.05, 4.69) is 17.9 Å². The lowest BCUT2D eigenvalue weighted by Gasteiger charge is -2.40. The Morgan fingerprint density at radius 3 is 2.52 bits per heavy atom. The van der Waals surface area contributed by atoms with E-state index in [-0.39, 0.29) is 18.8 Å². The molecular formula is C16H25N3O2. The number of hydrogen-bond acceptors (Lipinski definition) is 4. The maximum atomic E-state index is 9.26. The molecule has 1 aliphatic rings. The second-order valence-corrected chi connectivity index (χ2v) is 5.78. The number of aliphatic hydroxyl groups excluding tert-OH is 2. The SMILES string of the molecule is Cn1ccc(C2=CC(C)(N(CCO)CCO)CC=C2N)c1. The summed E-state index contributed by atoms with van der Waals surface area (Å²) in [6.07, 6.45) is 9.00. The van der Waals surface area contributed by atoms with Crippen molar-refractivity contribution in [2.75, 3.05) is 26.3 Å². The smallest absolute Gasteiger partial charge is 0.0558 e. The standard InChI is InChI=1S/C16H25N3O2/c1-16(19(7-9-20)8-10-21)5-3-15(17)14(11-16)13-4-6-18(2)12-13/h3-4,6,11-12,20-21H,5,7-10,17H2,1-2H3. The zero-order valence-corrected chi connectivity index (χ0v) is 12.8. The molecular weight excluding hydrogens is 266 g/mol. The Bertz CT molecular complexity index is 541. The summed E-state index contributed by atoms with van der Waals surface area (Å²) in [5.41, 5.74) is 8.80. The Labute approximate surface area is 126 Å².